The predicted octanol–water partition coefficient (Wildman–Crippen LogP) is 4.19. The summed E-state index contributed by atoms with van der Waals surface area (Å²) in [6.07, 6.45) is 1.02. The summed E-state index contributed by atoms with van der Waals surface area (Å²) in [7, 11) is 0. The third kappa shape index (κ3) is 4.11. The number of nitrogens with one attached hydrogen (secondary N) is 1. The summed E-state index contributed by atoms with van der Waals surface area (Å²) < 4.78 is 5.35. The summed E-state index contributed by atoms with van der Waals surface area (Å²) in [5.74, 6) is 0. The van der Waals surface area contributed by atoms with Crippen molar-refractivity contribution in [2.24, 2.45) is 0 Å². The number of rotatable bonds is 7. The zero-order valence-corrected chi connectivity index (χ0v) is 11.4. The topological polar surface area (TPSA) is 21.3 Å². The lowest BCUT2D eigenvalue weighted by atomic mass is 10.0. The van der Waals surface area contributed by atoms with Crippen molar-refractivity contribution in [3.05, 3.63) is 54.6 Å². The fourth-order valence-corrected chi connectivity index (χ4v) is 2.05. The number of anilines is 1. The molecule has 0 aliphatic rings. The van der Waals surface area contributed by atoms with E-state index >= 15 is 0 Å². The van der Waals surface area contributed by atoms with E-state index in [2.05, 4.69) is 53.8 Å². The molecule has 0 radical (unpaired) electrons. The second kappa shape index (κ2) is 7.59. The van der Waals surface area contributed by atoms with E-state index in [-0.39, 0.29) is 0 Å². The van der Waals surface area contributed by atoms with Crippen LogP contribution >= 0.6 is 0 Å². The Morgan fingerprint density at radius 2 is 1.68 bits per heavy atom. The van der Waals surface area contributed by atoms with Crippen molar-refractivity contribution in [1.82, 2.24) is 0 Å². The van der Waals surface area contributed by atoms with Gasteiger partial charge in [0.05, 0.1) is 0 Å². The van der Waals surface area contributed by atoms with E-state index in [4.69, 9.17) is 4.74 Å². The van der Waals surface area contributed by atoms with E-state index < -0.39 is 0 Å². The minimum absolute atomic E-state index is 0.792. The minimum Gasteiger partial charge on any atom is -0.384 e. The summed E-state index contributed by atoms with van der Waals surface area (Å²) in [6.45, 7) is 4.57. The summed E-state index contributed by atoms with van der Waals surface area (Å²) in [6, 6.07) is 18.9. The van der Waals surface area contributed by atoms with Crippen molar-refractivity contribution in [3.63, 3.8) is 0 Å². The summed E-state index contributed by atoms with van der Waals surface area (Å²) in [4.78, 5) is 0. The van der Waals surface area contributed by atoms with Gasteiger partial charge in [-0.05, 0) is 25.0 Å². The van der Waals surface area contributed by atoms with Gasteiger partial charge in [-0.3, -0.25) is 0 Å². The fraction of sp³-hybridized carbons (Fsp3) is 0.294. The zero-order chi connectivity index (χ0) is 13.3. The molecule has 1 N–H and O–H groups in total. The molecular formula is C17H21NO. The highest BCUT2D eigenvalue weighted by molar-refractivity contribution is 5.77. The average Bonchev–Trinajstić information content (AvgIpc) is 2.48. The van der Waals surface area contributed by atoms with Crippen LogP contribution in [0.1, 0.15) is 13.3 Å². The van der Waals surface area contributed by atoms with Gasteiger partial charge in [0, 0.05) is 31.0 Å². The first-order valence-corrected chi connectivity index (χ1v) is 6.88. The van der Waals surface area contributed by atoms with Crippen LogP contribution in [0.3, 0.4) is 0 Å². The van der Waals surface area contributed by atoms with Gasteiger partial charge in [-0.25, -0.2) is 0 Å². The Morgan fingerprint density at radius 3 is 2.47 bits per heavy atom. The molecule has 0 unspecified atom stereocenters. The number of para-hydroxylation sites is 1. The first-order chi connectivity index (χ1) is 9.42. The van der Waals surface area contributed by atoms with E-state index in [1.165, 1.54) is 16.8 Å². The lowest BCUT2D eigenvalue weighted by Crippen LogP contribution is -2.06. The molecule has 0 aliphatic carbocycles. The highest BCUT2D eigenvalue weighted by Crippen LogP contribution is 2.27. The van der Waals surface area contributed by atoms with Crippen molar-refractivity contribution in [2.45, 2.75) is 13.3 Å². The number of benzene rings is 2. The van der Waals surface area contributed by atoms with Crippen LogP contribution < -0.4 is 5.32 Å². The van der Waals surface area contributed by atoms with Gasteiger partial charge in [0.15, 0.2) is 0 Å². The molecule has 0 spiro atoms. The third-order valence-corrected chi connectivity index (χ3v) is 3.00. The molecule has 0 amide bonds. The van der Waals surface area contributed by atoms with Crippen LogP contribution in [0.5, 0.6) is 0 Å². The van der Waals surface area contributed by atoms with Gasteiger partial charge in [0.1, 0.15) is 0 Å². The molecule has 0 saturated carbocycles. The first kappa shape index (κ1) is 13.6. The van der Waals surface area contributed by atoms with Gasteiger partial charge in [0.25, 0.3) is 0 Å². The van der Waals surface area contributed by atoms with Crippen molar-refractivity contribution in [2.75, 3.05) is 25.1 Å². The first-order valence-electron chi connectivity index (χ1n) is 6.88. The van der Waals surface area contributed by atoms with E-state index in [1.54, 1.807) is 0 Å². The maximum absolute atomic E-state index is 5.35. The summed E-state index contributed by atoms with van der Waals surface area (Å²) >= 11 is 0. The van der Waals surface area contributed by atoms with Gasteiger partial charge in [-0.15, -0.1) is 0 Å². The van der Waals surface area contributed by atoms with Crippen molar-refractivity contribution in [1.29, 1.82) is 0 Å². The van der Waals surface area contributed by atoms with Crippen LogP contribution in [0, 0.1) is 0 Å². The van der Waals surface area contributed by atoms with Crippen molar-refractivity contribution < 1.29 is 4.74 Å². The lowest BCUT2D eigenvalue weighted by Gasteiger charge is -2.12. The van der Waals surface area contributed by atoms with E-state index in [0.29, 0.717) is 0 Å². The zero-order valence-electron chi connectivity index (χ0n) is 11.4. The van der Waals surface area contributed by atoms with Crippen LogP contribution in [0.2, 0.25) is 0 Å². The molecule has 2 nitrogen and oxygen atoms in total. The predicted molar refractivity (Wildman–Crippen MR) is 81.5 cm³/mol. The average molecular weight is 255 g/mol. The molecule has 0 saturated heterocycles. The van der Waals surface area contributed by atoms with Crippen LogP contribution in [-0.4, -0.2) is 19.8 Å². The molecular weight excluding hydrogens is 234 g/mol. The van der Waals surface area contributed by atoms with E-state index in [9.17, 15) is 0 Å². The molecule has 2 aromatic carbocycles. The Balaban J connectivity index is 2.01. The van der Waals surface area contributed by atoms with E-state index in [1.807, 2.05) is 13.0 Å². The molecule has 2 heteroatoms. The van der Waals surface area contributed by atoms with Gasteiger partial charge in [-0.1, -0.05) is 48.5 Å². The Morgan fingerprint density at radius 1 is 0.947 bits per heavy atom. The maximum Gasteiger partial charge on any atom is 0.0482 e. The quantitative estimate of drug-likeness (QED) is 0.749. The third-order valence-electron chi connectivity index (χ3n) is 3.00. The fourth-order valence-electron chi connectivity index (χ4n) is 2.05. The second-order valence-corrected chi connectivity index (χ2v) is 4.39. The Hall–Kier alpha value is -1.80. The summed E-state index contributed by atoms with van der Waals surface area (Å²) in [5.41, 5.74) is 3.68. The monoisotopic (exact) mass is 255 g/mol. The van der Waals surface area contributed by atoms with Crippen molar-refractivity contribution in [3.8, 4) is 11.1 Å². The summed E-state index contributed by atoms with van der Waals surface area (Å²) in [5, 5.41) is 3.49. The molecule has 0 atom stereocenters. The van der Waals surface area contributed by atoms with Crippen LogP contribution in [0.25, 0.3) is 11.1 Å². The highest BCUT2D eigenvalue weighted by atomic mass is 16.5. The van der Waals surface area contributed by atoms with Gasteiger partial charge < -0.3 is 10.1 Å². The second-order valence-electron chi connectivity index (χ2n) is 4.39. The van der Waals surface area contributed by atoms with Gasteiger partial charge >= 0.3 is 0 Å². The molecule has 100 valence electrons. The van der Waals surface area contributed by atoms with Crippen molar-refractivity contribution >= 4 is 5.69 Å². The molecule has 0 aromatic heterocycles. The van der Waals surface area contributed by atoms with Gasteiger partial charge in [0.2, 0.25) is 0 Å². The molecule has 0 bridgehead atoms. The Bertz CT molecular complexity index is 482. The molecule has 0 aliphatic heterocycles. The number of hydrogen-bond acceptors (Lipinski definition) is 2. The Labute approximate surface area is 115 Å². The standard InChI is InChI=1S/C17H21NO/c1-2-19-14-8-13-18-17-12-7-6-11-16(17)15-9-4-3-5-10-15/h3-7,9-12,18H,2,8,13-14H2,1H3. The molecule has 0 heterocycles. The largest absolute Gasteiger partial charge is 0.384 e. The van der Waals surface area contributed by atoms with Crippen LogP contribution in [-0.2, 0) is 4.74 Å². The number of hydrogen-bond donors (Lipinski definition) is 1. The number of ether oxygens (including phenoxy) is 1. The van der Waals surface area contributed by atoms with Gasteiger partial charge in [-0.2, -0.15) is 0 Å². The molecule has 0 fully saturated rings. The van der Waals surface area contributed by atoms with Crippen LogP contribution in [0.15, 0.2) is 54.6 Å². The molecule has 2 rings (SSSR count). The van der Waals surface area contributed by atoms with E-state index in [0.717, 1.165) is 26.2 Å². The molecule has 2 aromatic rings. The minimum atomic E-state index is 0.792. The SMILES string of the molecule is CCOCCCNc1ccccc1-c1ccccc1. The van der Waals surface area contributed by atoms with Crippen LogP contribution in [0.4, 0.5) is 5.69 Å². The normalized spacial score (nSPS) is 10.4. The highest BCUT2D eigenvalue weighted by Gasteiger charge is 2.02. The maximum atomic E-state index is 5.35. The smallest absolute Gasteiger partial charge is 0.0482 e. The Kier molecular flexibility index (Phi) is 5.45. The molecule has 19 heavy (non-hydrogen) atoms. The lowest BCUT2D eigenvalue weighted by molar-refractivity contribution is 0.147.